The van der Waals surface area contributed by atoms with Crippen LogP contribution in [0.1, 0.15) is 35.1 Å². The molecule has 2 N–H and O–H groups in total. The Morgan fingerprint density at radius 3 is 2.52 bits per heavy atom. The third-order valence-corrected chi connectivity index (χ3v) is 4.62. The van der Waals surface area contributed by atoms with Crippen molar-refractivity contribution in [2.24, 2.45) is 11.7 Å². The molecular formula is C18H24N4O. The molecule has 3 rings (SSSR count). The van der Waals surface area contributed by atoms with Crippen LogP contribution in [0.25, 0.3) is 5.69 Å². The Morgan fingerprint density at radius 2 is 2.00 bits per heavy atom. The number of hydrogen-bond acceptors (Lipinski definition) is 3. The number of likely N-dealkylation sites (tertiary alicyclic amines) is 1. The zero-order valence-corrected chi connectivity index (χ0v) is 14.0. The minimum atomic E-state index is 0.0911. The fraction of sp³-hybridized carbons (Fsp3) is 0.444. The highest BCUT2D eigenvalue weighted by Gasteiger charge is 2.31. The molecule has 1 aromatic carbocycles. The maximum atomic E-state index is 12.7. The second-order valence-electron chi connectivity index (χ2n) is 6.53. The molecule has 1 aliphatic rings. The van der Waals surface area contributed by atoms with E-state index in [0.717, 1.165) is 35.6 Å². The Morgan fingerprint density at radius 1 is 1.30 bits per heavy atom. The van der Waals surface area contributed by atoms with Crippen molar-refractivity contribution in [2.75, 3.05) is 13.1 Å². The topological polar surface area (TPSA) is 64.2 Å². The van der Waals surface area contributed by atoms with Crippen molar-refractivity contribution in [3.8, 4) is 5.69 Å². The van der Waals surface area contributed by atoms with Crippen LogP contribution in [0.5, 0.6) is 0 Å². The number of benzene rings is 1. The molecule has 1 aliphatic heterocycles. The predicted molar refractivity (Wildman–Crippen MR) is 90.7 cm³/mol. The Balaban J connectivity index is 1.80. The van der Waals surface area contributed by atoms with E-state index in [1.165, 1.54) is 0 Å². The third-order valence-electron chi connectivity index (χ3n) is 4.62. The maximum Gasteiger partial charge on any atom is 0.254 e. The van der Waals surface area contributed by atoms with Gasteiger partial charge in [0.1, 0.15) is 0 Å². The van der Waals surface area contributed by atoms with Crippen LogP contribution in [-0.2, 0) is 0 Å². The van der Waals surface area contributed by atoms with E-state index in [0.29, 0.717) is 12.5 Å². The summed E-state index contributed by atoms with van der Waals surface area (Å²) in [6.07, 6.45) is 0.992. The van der Waals surface area contributed by atoms with Gasteiger partial charge < -0.3 is 10.6 Å². The first kappa shape index (κ1) is 15.7. The van der Waals surface area contributed by atoms with Gasteiger partial charge in [0, 0.05) is 23.8 Å². The first-order chi connectivity index (χ1) is 11.0. The number of nitrogens with zero attached hydrogens (tertiary/aromatic N) is 3. The highest BCUT2D eigenvalue weighted by atomic mass is 16.2. The van der Waals surface area contributed by atoms with Crippen molar-refractivity contribution in [1.82, 2.24) is 14.7 Å². The Kier molecular flexibility index (Phi) is 4.22. The number of aromatic nitrogens is 2. The van der Waals surface area contributed by atoms with Crippen LogP contribution in [0, 0.1) is 19.8 Å². The van der Waals surface area contributed by atoms with Crippen LogP contribution < -0.4 is 5.73 Å². The van der Waals surface area contributed by atoms with Gasteiger partial charge in [0.2, 0.25) is 0 Å². The Hall–Kier alpha value is -2.14. The molecule has 0 spiro atoms. The molecule has 0 bridgehead atoms. The molecule has 2 heterocycles. The summed E-state index contributed by atoms with van der Waals surface area (Å²) in [4.78, 5) is 14.6. The monoisotopic (exact) mass is 312 g/mol. The number of amides is 1. The normalized spacial score (nSPS) is 21.0. The lowest BCUT2D eigenvalue weighted by molar-refractivity contribution is 0.0743. The van der Waals surface area contributed by atoms with Gasteiger partial charge in [-0.2, -0.15) is 5.10 Å². The van der Waals surface area contributed by atoms with E-state index in [4.69, 9.17) is 5.73 Å². The summed E-state index contributed by atoms with van der Waals surface area (Å²) in [5.41, 5.74) is 9.52. The standard InChI is InChI=1S/C18H24N4O/c1-12-8-14(3)22(20-12)17-6-4-16(5-7-17)18(23)21-11-15(10-19)9-13(21)2/h4-8,13,15H,9-11,19H2,1-3H3. The van der Waals surface area contributed by atoms with Crippen LogP contribution >= 0.6 is 0 Å². The summed E-state index contributed by atoms with van der Waals surface area (Å²) in [7, 11) is 0. The van der Waals surface area contributed by atoms with Gasteiger partial charge in [-0.05, 0) is 70.0 Å². The molecule has 0 radical (unpaired) electrons. The minimum Gasteiger partial charge on any atom is -0.336 e. The number of carbonyl (C=O) groups excluding carboxylic acids is 1. The van der Waals surface area contributed by atoms with E-state index in [9.17, 15) is 4.79 Å². The van der Waals surface area contributed by atoms with E-state index >= 15 is 0 Å². The maximum absolute atomic E-state index is 12.7. The van der Waals surface area contributed by atoms with Gasteiger partial charge >= 0.3 is 0 Å². The summed E-state index contributed by atoms with van der Waals surface area (Å²) < 4.78 is 1.90. The van der Waals surface area contributed by atoms with Crippen molar-refractivity contribution in [3.05, 3.63) is 47.3 Å². The van der Waals surface area contributed by atoms with E-state index in [2.05, 4.69) is 12.0 Å². The van der Waals surface area contributed by atoms with Gasteiger partial charge in [0.05, 0.1) is 11.4 Å². The highest BCUT2D eigenvalue weighted by Crippen LogP contribution is 2.24. The molecule has 23 heavy (non-hydrogen) atoms. The van der Waals surface area contributed by atoms with E-state index < -0.39 is 0 Å². The number of nitrogens with two attached hydrogens (primary N) is 1. The molecule has 5 heteroatoms. The Labute approximate surface area is 137 Å². The molecule has 5 nitrogen and oxygen atoms in total. The van der Waals surface area contributed by atoms with Gasteiger partial charge in [0.25, 0.3) is 5.91 Å². The summed E-state index contributed by atoms with van der Waals surface area (Å²) in [6.45, 7) is 7.50. The van der Waals surface area contributed by atoms with Crippen molar-refractivity contribution in [2.45, 2.75) is 33.2 Å². The zero-order chi connectivity index (χ0) is 16.6. The van der Waals surface area contributed by atoms with E-state index in [1.54, 1.807) is 0 Å². The number of rotatable bonds is 3. The van der Waals surface area contributed by atoms with Crippen LogP contribution in [0.3, 0.4) is 0 Å². The largest absolute Gasteiger partial charge is 0.336 e. The number of carbonyl (C=O) groups is 1. The zero-order valence-electron chi connectivity index (χ0n) is 14.0. The van der Waals surface area contributed by atoms with Crippen molar-refractivity contribution >= 4 is 5.91 Å². The fourth-order valence-electron chi connectivity index (χ4n) is 3.40. The SMILES string of the molecule is Cc1cc(C)n(-c2ccc(C(=O)N3CC(CN)CC3C)cc2)n1. The molecule has 1 aromatic heterocycles. The highest BCUT2D eigenvalue weighted by molar-refractivity contribution is 5.94. The molecule has 0 saturated carbocycles. The molecule has 0 aliphatic carbocycles. The summed E-state index contributed by atoms with van der Waals surface area (Å²) in [5, 5.41) is 4.47. The van der Waals surface area contributed by atoms with Gasteiger partial charge in [-0.1, -0.05) is 0 Å². The number of hydrogen-bond donors (Lipinski definition) is 1. The third kappa shape index (κ3) is 3.01. The smallest absolute Gasteiger partial charge is 0.254 e. The molecule has 122 valence electrons. The summed E-state index contributed by atoms with van der Waals surface area (Å²) >= 11 is 0. The first-order valence-corrected chi connectivity index (χ1v) is 8.14. The van der Waals surface area contributed by atoms with Crippen LogP contribution in [0.4, 0.5) is 0 Å². The van der Waals surface area contributed by atoms with Gasteiger partial charge in [0.15, 0.2) is 0 Å². The van der Waals surface area contributed by atoms with Crippen LogP contribution in [0.15, 0.2) is 30.3 Å². The average Bonchev–Trinajstić information content (AvgIpc) is 3.08. The summed E-state index contributed by atoms with van der Waals surface area (Å²) in [5.74, 6) is 0.510. The van der Waals surface area contributed by atoms with Crippen LogP contribution in [0.2, 0.25) is 0 Å². The molecule has 1 fully saturated rings. The average molecular weight is 312 g/mol. The quantitative estimate of drug-likeness (QED) is 0.946. The van der Waals surface area contributed by atoms with Crippen LogP contribution in [-0.4, -0.2) is 39.7 Å². The number of aryl methyl sites for hydroxylation is 2. The van der Waals surface area contributed by atoms with Gasteiger partial charge in [-0.15, -0.1) is 0 Å². The van der Waals surface area contributed by atoms with Crippen molar-refractivity contribution in [1.29, 1.82) is 0 Å². The molecule has 2 unspecified atom stereocenters. The lowest BCUT2D eigenvalue weighted by Gasteiger charge is -2.21. The lowest BCUT2D eigenvalue weighted by Crippen LogP contribution is -2.34. The lowest BCUT2D eigenvalue weighted by atomic mass is 10.1. The first-order valence-electron chi connectivity index (χ1n) is 8.14. The van der Waals surface area contributed by atoms with Crippen molar-refractivity contribution < 1.29 is 4.79 Å². The molecule has 2 atom stereocenters. The second kappa shape index (κ2) is 6.16. The fourth-order valence-corrected chi connectivity index (χ4v) is 3.40. The van der Waals surface area contributed by atoms with E-state index in [1.807, 2.05) is 53.8 Å². The molecular weight excluding hydrogens is 288 g/mol. The van der Waals surface area contributed by atoms with Crippen molar-refractivity contribution in [3.63, 3.8) is 0 Å². The molecule has 1 amide bonds. The second-order valence-corrected chi connectivity index (χ2v) is 6.53. The van der Waals surface area contributed by atoms with E-state index in [-0.39, 0.29) is 11.9 Å². The Bertz CT molecular complexity index is 704. The molecule has 2 aromatic rings. The van der Waals surface area contributed by atoms with Gasteiger partial charge in [-0.25, -0.2) is 4.68 Å². The predicted octanol–water partition coefficient (Wildman–Crippen LogP) is 2.30. The minimum absolute atomic E-state index is 0.0911. The summed E-state index contributed by atoms with van der Waals surface area (Å²) in [6, 6.07) is 9.97. The molecule has 1 saturated heterocycles. The van der Waals surface area contributed by atoms with Gasteiger partial charge in [-0.3, -0.25) is 4.79 Å².